The minimum Gasteiger partial charge on any atom is -0.397 e. The van der Waals surface area contributed by atoms with Gasteiger partial charge in [-0.25, -0.2) is 0 Å². The smallest absolute Gasteiger partial charge is 0.232 e. The molecule has 0 radical (unpaired) electrons. The first-order valence-corrected chi connectivity index (χ1v) is 4.93. The third kappa shape index (κ3) is 1.25. The van der Waals surface area contributed by atoms with Gasteiger partial charge in [-0.2, -0.15) is 0 Å². The molecule has 74 valence electrons. The Bertz CT molecular complexity index is 374. The van der Waals surface area contributed by atoms with Gasteiger partial charge in [-0.1, -0.05) is 25.5 Å². The van der Waals surface area contributed by atoms with Crippen molar-refractivity contribution in [2.45, 2.75) is 25.7 Å². The van der Waals surface area contributed by atoms with Gasteiger partial charge >= 0.3 is 0 Å². The highest BCUT2D eigenvalue weighted by molar-refractivity contribution is 6.05. The van der Waals surface area contributed by atoms with Crippen molar-refractivity contribution in [2.24, 2.45) is 0 Å². The van der Waals surface area contributed by atoms with Gasteiger partial charge in [0.15, 0.2) is 0 Å². The molecule has 0 fully saturated rings. The molecule has 14 heavy (non-hydrogen) atoms. The Kier molecular flexibility index (Phi) is 2.15. The fourth-order valence-electron chi connectivity index (χ4n) is 1.95. The number of carbonyl (C=O) groups is 1. The van der Waals surface area contributed by atoms with Crippen LogP contribution in [0.1, 0.15) is 31.2 Å². The zero-order valence-corrected chi connectivity index (χ0v) is 8.21. The lowest BCUT2D eigenvalue weighted by molar-refractivity contribution is -0.117. The maximum absolute atomic E-state index is 11.6. The van der Waals surface area contributed by atoms with Crippen LogP contribution in [0.3, 0.4) is 0 Å². The molecule has 2 rings (SSSR count). The summed E-state index contributed by atoms with van der Waals surface area (Å²) in [7, 11) is 0. The first-order chi connectivity index (χ1) is 6.74. The predicted octanol–water partition coefficient (Wildman–Crippen LogP) is 2.10. The molecule has 0 bridgehead atoms. The van der Waals surface area contributed by atoms with Crippen molar-refractivity contribution < 1.29 is 4.79 Å². The maximum atomic E-state index is 11.6. The summed E-state index contributed by atoms with van der Waals surface area (Å²) in [5.74, 6) is 0.0817. The topological polar surface area (TPSA) is 55.1 Å². The molecule has 1 aliphatic rings. The van der Waals surface area contributed by atoms with E-state index in [1.54, 1.807) is 0 Å². The molecule has 0 saturated carbocycles. The summed E-state index contributed by atoms with van der Waals surface area (Å²) in [6.45, 7) is 2.08. The van der Waals surface area contributed by atoms with Gasteiger partial charge in [0.25, 0.3) is 0 Å². The van der Waals surface area contributed by atoms with Crippen LogP contribution >= 0.6 is 0 Å². The van der Waals surface area contributed by atoms with Crippen LogP contribution in [0.25, 0.3) is 0 Å². The summed E-state index contributed by atoms with van der Waals surface area (Å²) >= 11 is 0. The Labute approximate surface area is 83.3 Å². The molecule has 3 heteroatoms. The first kappa shape index (κ1) is 9.06. The zero-order valence-electron chi connectivity index (χ0n) is 8.21. The highest BCUT2D eigenvalue weighted by Gasteiger charge is 2.30. The number of hydrogen-bond donors (Lipinski definition) is 2. The van der Waals surface area contributed by atoms with Crippen LogP contribution in [-0.2, 0) is 4.79 Å². The Balaban J connectivity index is 2.42. The molecule has 1 amide bonds. The molecule has 1 aromatic carbocycles. The van der Waals surface area contributed by atoms with Gasteiger partial charge in [-0.05, 0) is 18.1 Å². The van der Waals surface area contributed by atoms with Gasteiger partial charge in [0, 0.05) is 0 Å². The summed E-state index contributed by atoms with van der Waals surface area (Å²) in [5.41, 5.74) is 8.31. The molecule has 3 N–H and O–H groups in total. The van der Waals surface area contributed by atoms with Crippen LogP contribution in [0, 0.1) is 0 Å². The van der Waals surface area contributed by atoms with Crippen molar-refractivity contribution in [3.63, 3.8) is 0 Å². The summed E-state index contributed by atoms with van der Waals surface area (Å²) in [6, 6.07) is 5.69. The Morgan fingerprint density at radius 1 is 1.50 bits per heavy atom. The molecule has 0 aromatic heterocycles. The summed E-state index contributed by atoms with van der Waals surface area (Å²) in [6.07, 6.45) is 1.90. The highest BCUT2D eigenvalue weighted by Crippen LogP contribution is 2.38. The number of carbonyl (C=O) groups excluding carboxylic acids is 1. The van der Waals surface area contributed by atoms with E-state index in [-0.39, 0.29) is 11.8 Å². The lowest BCUT2D eigenvalue weighted by Gasteiger charge is -2.06. The fourth-order valence-corrected chi connectivity index (χ4v) is 1.95. The average molecular weight is 190 g/mol. The van der Waals surface area contributed by atoms with Gasteiger partial charge in [0.05, 0.1) is 17.3 Å². The quantitative estimate of drug-likeness (QED) is 0.702. The van der Waals surface area contributed by atoms with Crippen molar-refractivity contribution >= 4 is 17.3 Å². The van der Waals surface area contributed by atoms with Crippen molar-refractivity contribution in [3.05, 3.63) is 23.8 Å². The molecule has 1 unspecified atom stereocenters. The Morgan fingerprint density at radius 3 is 3.00 bits per heavy atom. The molecule has 0 aliphatic carbocycles. The highest BCUT2D eigenvalue weighted by atomic mass is 16.2. The van der Waals surface area contributed by atoms with Gasteiger partial charge in [-0.15, -0.1) is 0 Å². The maximum Gasteiger partial charge on any atom is 0.232 e. The summed E-state index contributed by atoms with van der Waals surface area (Å²) in [5, 5.41) is 2.84. The number of benzene rings is 1. The van der Waals surface area contributed by atoms with E-state index in [0.717, 1.165) is 24.1 Å². The van der Waals surface area contributed by atoms with Crippen LogP contribution in [0.5, 0.6) is 0 Å². The molecule has 1 atom stereocenters. The summed E-state index contributed by atoms with van der Waals surface area (Å²) in [4.78, 5) is 11.6. The average Bonchev–Trinajstić information content (AvgIpc) is 2.47. The van der Waals surface area contributed by atoms with Crippen molar-refractivity contribution in [2.75, 3.05) is 11.1 Å². The third-order valence-corrected chi connectivity index (χ3v) is 2.65. The number of fused-ring (bicyclic) bond motifs is 1. The second-order valence-electron chi connectivity index (χ2n) is 3.64. The second-order valence-corrected chi connectivity index (χ2v) is 3.64. The molecular formula is C11H14N2O. The van der Waals surface area contributed by atoms with Gasteiger partial charge < -0.3 is 11.1 Å². The standard InChI is InChI=1S/C11H14N2O/c1-2-4-8-7-5-3-6-9(12)10(7)13-11(8)14/h3,5-6,8H,2,4,12H2,1H3,(H,13,14). The van der Waals surface area contributed by atoms with Gasteiger partial charge in [0.2, 0.25) is 5.91 Å². The van der Waals surface area contributed by atoms with E-state index in [4.69, 9.17) is 5.73 Å². The number of nitrogen functional groups attached to an aromatic ring is 1. The molecule has 1 aliphatic heterocycles. The number of amides is 1. The minimum atomic E-state index is -0.00139. The lowest BCUT2D eigenvalue weighted by Crippen LogP contribution is -2.11. The van der Waals surface area contributed by atoms with Crippen LogP contribution in [0.2, 0.25) is 0 Å². The number of nitrogens with two attached hydrogens (primary N) is 1. The third-order valence-electron chi connectivity index (χ3n) is 2.65. The van der Waals surface area contributed by atoms with E-state index in [1.807, 2.05) is 18.2 Å². The van der Waals surface area contributed by atoms with E-state index in [2.05, 4.69) is 12.2 Å². The van der Waals surface area contributed by atoms with E-state index >= 15 is 0 Å². The first-order valence-electron chi connectivity index (χ1n) is 4.93. The summed E-state index contributed by atoms with van der Waals surface area (Å²) < 4.78 is 0. The number of para-hydroxylation sites is 1. The number of rotatable bonds is 2. The largest absolute Gasteiger partial charge is 0.397 e. The number of hydrogen-bond acceptors (Lipinski definition) is 2. The second kappa shape index (κ2) is 3.33. The Hall–Kier alpha value is -1.51. The monoisotopic (exact) mass is 190 g/mol. The van der Waals surface area contributed by atoms with Crippen LogP contribution < -0.4 is 11.1 Å². The van der Waals surface area contributed by atoms with Crippen molar-refractivity contribution in [3.8, 4) is 0 Å². The molecule has 1 heterocycles. The van der Waals surface area contributed by atoms with E-state index < -0.39 is 0 Å². The van der Waals surface area contributed by atoms with Crippen LogP contribution in [0.15, 0.2) is 18.2 Å². The molecular weight excluding hydrogens is 176 g/mol. The van der Waals surface area contributed by atoms with E-state index in [0.29, 0.717) is 5.69 Å². The molecule has 1 aromatic rings. The van der Waals surface area contributed by atoms with Gasteiger partial charge in [-0.3, -0.25) is 4.79 Å². The number of anilines is 2. The van der Waals surface area contributed by atoms with Crippen molar-refractivity contribution in [1.29, 1.82) is 0 Å². The zero-order chi connectivity index (χ0) is 10.1. The predicted molar refractivity (Wildman–Crippen MR) is 57.1 cm³/mol. The minimum absolute atomic E-state index is 0.00139. The SMILES string of the molecule is CCCC1C(=O)Nc2c(N)cccc21. The number of nitrogens with one attached hydrogen (secondary N) is 1. The van der Waals surface area contributed by atoms with Crippen LogP contribution in [0.4, 0.5) is 11.4 Å². The molecule has 3 nitrogen and oxygen atoms in total. The Morgan fingerprint density at radius 2 is 2.29 bits per heavy atom. The normalized spacial score (nSPS) is 19.2. The van der Waals surface area contributed by atoms with Crippen LogP contribution in [-0.4, -0.2) is 5.91 Å². The fraction of sp³-hybridized carbons (Fsp3) is 0.364. The van der Waals surface area contributed by atoms with E-state index in [9.17, 15) is 4.79 Å². The molecule has 0 spiro atoms. The molecule has 0 saturated heterocycles. The lowest BCUT2D eigenvalue weighted by atomic mass is 9.96. The van der Waals surface area contributed by atoms with Gasteiger partial charge in [0.1, 0.15) is 0 Å². The van der Waals surface area contributed by atoms with Crippen molar-refractivity contribution in [1.82, 2.24) is 0 Å². The van der Waals surface area contributed by atoms with E-state index in [1.165, 1.54) is 0 Å².